The molecular formula is C12H17FNO2P. The molecule has 2 atom stereocenters. The summed E-state index contributed by atoms with van der Waals surface area (Å²) in [6.45, 7) is 1.83. The van der Waals surface area contributed by atoms with Crippen LogP contribution in [0.5, 0.6) is 0 Å². The molecule has 0 N–H and O–H groups in total. The molecule has 0 aromatic heterocycles. The number of hydrogen-bond acceptors (Lipinski definition) is 3. The molecule has 0 spiro atoms. The summed E-state index contributed by atoms with van der Waals surface area (Å²) >= 11 is 0. The average molecular weight is 257 g/mol. The van der Waals surface area contributed by atoms with Gasteiger partial charge in [-0.1, -0.05) is 21.5 Å². The summed E-state index contributed by atoms with van der Waals surface area (Å²) in [5.74, 6) is -0.659. The van der Waals surface area contributed by atoms with Gasteiger partial charge in [0.05, 0.1) is 7.11 Å². The zero-order chi connectivity index (χ0) is 13.0. The predicted molar refractivity (Wildman–Crippen MR) is 68.1 cm³/mol. The van der Waals surface area contributed by atoms with E-state index in [0.717, 1.165) is 5.56 Å². The summed E-state index contributed by atoms with van der Waals surface area (Å²) in [7, 11) is 5.46. The van der Waals surface area contributed by atoms with Gasteiger partial charge in [-0.05, 0) is 31.2 Å². The Labute approximate surface area is 103 Å². The Balaban J connectivity index is 2.90. The highest BCUT2D eigenvalue weighted by Gasteiger charge is 2.23. The van der Waals surface area contributed by atoms with Crippen molar-refractivity contribution in [2.24, 2.45) is 0 Å². The molecule has 0 fully saturated rings. The number of carbonyl (C=O) groups is 1. The highest BCUT2D eigenvalue weighted by Crippen LogP contribution is 2.16. The minimum Gasteiger partial charge on any atom is -0.468 e. The first-order chi connectivity index (χ1) is 7.95. The van der Waals surface area contributed by atoms with Crippen LogP contribution in [0, 0.1) is 12.7 Å². The van der Waals surface area contributed by atoms with Crippen LogP contribution in [0.25, 0.3) is 0 Å². The summed E-state index contributed by atoms with van der Waals surface area (Å²) in [4.78, 5) is 11.5. The first-order valence-corrected chi connectivity index (χ1v) is 5.77. The van der Waals surface area contributed by atoms with Gasteiger partial charge in [0.2, 0.25) is 0 Å². The van der Waals surface area contributed by atoms with Crippen molar-refractivity contribution in [3.05, 3.63) is 35.1 Å². The maximum Gasteiger partial charge on any atom is 0.323 e. The van der Waals surface area contributed by atoms with E-state index in [0.29, 0.717) is 12.0 Å². The molecule has 0 radical (unpaired) electrons. The highest BCUT2D eigenvalue weighted by molar-refractivity contribution is 7.13. The molecule has 0 bridgehead atoms. The number of carbonyl (C=O) groups excluding carboxylic acids is 1. The molecule has 5 heteroatoms. The molecule has 0 aliphatic carbocycles. The van der Waals surface area contributed by atoms with Crippen LogP contribution in [-0.2, 0) is 16.0 Å². The number of aryl methyl sites for hydroxylation is 1. The summed E-state index contributed by atoms with van der Waals surface area (Å²) in [6.07, 6.45) is 0.290. The quantitative estimate of drug-likeness (QED) is 0.610. The van der Waals surface area contributed by atoms with Gasteiger partial charge >= 0.3 is 5.97 Å². The van der Waals surface area contributed by atoms with E-state index < -0.39 is 6.04 Å². The van der Waals surface area contributed by atoms with Crippen molar-refractivity contribution in [3.8, 4) is 0 Å². The molecule has 1 rings (SSSR count). The van der Waals surface area contributed by atoms with E-state index in [1.165, 1.54) is 13.2 Å². The molecule has 2 unspecified atom stereocenters. The second-order valence-electron chi connectivity index (χ2n) is 4.00. The molecule has 3 nitrogen and oxygen atoms in total. The number of ether oxygens (including phenoxy) is 1. The summed E-state index contributed by atoms with van der Waals surface area (Å²) in [5.41, 5.74) is 1.38. The predicted octanol–water partition coefficient (Wildman–Crippen LogP) is 1.94. The summed E-state index contributed by atoms with van der Waals surface area (Å²) < 4.78 is 20.0. The number of likely N-dealkylation sites (N-methyl/N-ethyl adjacent to an activating group) is 1. The number of rotatable bonds is 4. The number of nitrogens with zero attached hydrogens (tertiary/aromatic N) is 1. The lowest BCUT2D eigenvalue weighted by molar-refractivity contribution is -0.144. The first-order valence-electron chi connectivity index (χ1n) is 5.26. The zero-order valence-electron chi connectivity index (χ0n) is 10.2. The number of halogens is 1. The number of hydrogen-bond donors (Lipinski definition) is 0. The first kappa shape index (κ1) is 14.1. The van der Waals surface area contributed by atoms with E-state index in [1.807, 2.05) is 13.0 Å². The Morgan fingerprint density at radius 3 is 2.71 bits per heavy atom. The number of benzene rings is 1. The van der Waals surface area contributed by atoms with Crippen molar-refractivity contribution in [2.75, 3.05) is 14.2 Å². The SMILES string of the molecule is COC(=O)C(Cc1ccc(C)cc1F)N(C)P. The van der Waals surface area contributed by atoms with E-state index >= 15 is 0 Å². The third kappa shape index (κ3) is 3.76. The van der Waals surface area contributed by atoms with Crippen LogP contribution in [0.15, 0.2) is 18.2 Å². The topological polar surface area (TPSA) is 29.5 Å². The van der Waals surface area contributed by atoms with E-state index in [1.54, 1.807) is 17.8 Å². The molecule has 0 saturated carbocycles. The van der Waals surface area contributed by atoms with Crippen molar-refractivity contribution < 1.29 is 13.9 Å². The standard InChI is InChI=1S/C12H17FNO2P/c1-8-4-5-9(10(13)6-8)7-11(14(2)17)12(15)16-3/h4-6,11H,7,17H2,1-3H3. The van der Waals surface area contributed by atoms with Crippen molar-refractivity contribution >= 4 is 15.4 Å². The van der Waals surface area contributed by atoms with Crippen LogP contribution in [0.2, 0.25) is 0 Å². The third-order valence-electron chi connectivity index (χ3n) is 2.59. The Kier molecular flexibility index (Phi) is 5.03. The molecule has 0 aliphatic heterocycles. The fourth-order valence-electron chi connectivity index (χ4n) is 1.56. The van der Waals surface area contributed by atoms with E-state index in [9.17, 15) is 9.18 Å². The zero-order valence-corrected chi connectivity index (χ0v) is 11.4. The van der Waals surface area contributed by atoms with Crippen LogP contribution in [0.3, 0.4) is 0 Å². The monoisotopic (exact) mass is 257 g/mol. The lowest BCUT2D eigenvalue weighted by Crippen LogP contribution is -2.35. The van der Waals surface area contributed by atoms with Crippen molar-refractivity contribution in [1.29, 1.82) is 0 Å². The molecule has 0 amide bonds. The van der Waals surface area contributed by atoms with Gasteiger partial charge in [0.1, 0.15) is 11.9 Å². The fraction of sp³-hybridized carbons (Fsp3) is 0.417. The highest BCUT2D eigenvalue weighted by atomic mass is 31.0. The van der Waals surface area contributed by atoms with E-state index in [4.69, 9.17) is 4.74 Å². The Morgan fingerprint density at radius 1 is 1.59 bits per heavy atom. The molecule has 1 aromatic rings. The van der Waals surface area contributed by atoms with Gasteiger partial charge in [-0.2, -0.15) is 0 Å². The van der Waals surface area contributed by atoms with E-state index in [-0.39, 0.29) is 11.8 Å². The minimum atomic E-state index is -0.498. The lowest BCUT2D eigenvalue weighted by Gasteiger charge is -2.21. The Bertz CT molecular complexity index is 409. The molecular weight excluding hydrogens is 240 g/mol. The molecule has 0 aliphatic rings. The van der Waals surface area contributed by atoms with Gasteiger partial charge in [-0.25, -0.2) is 4.39 Å². The smallest absolute Gasteiger partial charge is 0.323 e. The second kappa shape index (κ2) is 6.08. The Hall–Kier alpha value is -0.990. The Morgan fingerprint density at radius 2 is 2.24 bits per heavy atom. The van der Waals surface area contributed by atoms with Gasteiger partial charge in [0.25, 0.3) is 0 Å². The van der Waals surface area contributed by atoms with Crippen molar-refractivity contribution in [2.45, 2.75) is 19.4 Å². The summed E-state index contributed by atoms with van der Waals surface area (Å²) in [6, 6.07) is 4.50. The molecule has 1 aromatic carbocycles. The van der Waals surface area contributed by atoms with Crippen molar-refractivity contribution in [1.82, 2.24) is 4.67 Å². The van der Waals surface area contributed by atoms with Crippen LogP contribution in [0.4, 0.5) is 4.39 Å². The van der Waals surface area contributed by atoms with Crippen LogP contribution < -0.4 is 0 Å². The van der Waals surface area contributed by atoms with Gasteiger partial charge in [-0.15, -0.1) is 0 Å². The second-order valence-corrected chi connectivity index (χ2v) is 4.82. The van der Waals surface area contributed by atoms with Gasteiger partial charge in [-0.3, -0.25) is 9.46 Å². The number of esters is 1. The third-order valence-corrected chi connectivity index (χ3v) is 2.95. The van der Waals surface area contributed by atoms with Crippen LogP contribution in [-0.4, -0.2) is 30.8 Å². The molecule has 0 saturated heterocycles. The van der Waals surface area contributed by atoms with Gasteiger partial charge < -0.3 is 4.74 Å². The normalized spacial score (nSPS) is 12.6. The van der Waals surface area contributed by atoms with Crippen LogP contribution in [0.1, 0.15) is 11.1 Å². The minimum absolute atomic E-state index is 0.286. The largest absolute Gasteiger partial charge is 0.468 e. The van der Waals surface area contributed by atoms with Crippen molar-refractivity contribution in [3.63, 3.8) is 0 Å². The van der Waals surface area contributed by atoms with E-state index in [2.05, 4.69) is 9.39 Å². The fourth-order valence-corrected chi connectivity index (χ4v) is 1.78. The lowest BCUT2D eigenvalue weighted by atomic mass is 10.0. The maximum atomic E-state index is 13.7. The molecule has 17 heavy (non-hydrogen) atoms. The van der Waals surface area contributed by atoms with Gasteiger partial charge in [0, 0.05) is 6.42 Å². The van der Waals surface area contributed by atoms with Gasteiger partial charge in [0.15, 0.2) is 0 Å². The van der Waals surface area contributed by atoms with Crippen LogP contribution >= 0.6 is 9.39 Å². The maximum absolute atomic E-state index is 13.7. The molecule has 0 heterocycles. The number of methoxy groups -OCH3 is 1. The average Bonchev–Trinajstić information content (AvgIpc) is 2.26. The summed E-state index contributed by atoms with van der Waals surface area (Å²) in [5, 5.41) is 0. The molecule has 94 valence electrons.